The van der Waals surface area contributed by atoms with E-state index in [1.54, 1.807) is 0 Å². The first-order valence-electron chi connectivity index (χ1n) is 4.59. The van der Waals surface area contributed by atoms with Gasteiger partial charge in [0.05, 0.1) is 5.56 Å². The zero-order valence-electron chi connectivity index (χ0n) is 8.26. The van der Waals surface area contributed by atoms with Crippen LogP contribution in [0.1, 0.15) is 23.6 Å². The summed E-state index contributed by atoms with van der Waals surface area (Å²) in [6.07, 6.45) is -4.61. The molecule has 0 amide bonds. The Morgan fingerprint density at radius 2 is 1.94 bits per heavy atom. The minimum atomic E-state index is -4.74. The second-order valence-electron chi connectivity index (χ2n) is 3.36. The summed E-state index contributed by atoms with van der Waals surface area (Å²) in [7, 11) is 0. The van der Waals surface area contributed by atoms with Gasteiger partial charge in [0.25, 0.3) is 0 Å². The third-order valence-electron chi connectivity index (χ3n) is 2.16. The van der Waals surface area contributed by atoms with Crippen LogP contribution in [0.25, 0.3) is 0 Å². The highest BCUT2D eigenvalue weighted by Gasteiger charge is 2.34. The van der Waals surface area contributed by atoms with Gasteiger partial charge in [0, 0.05) is 12.6 Å². The van der Waals surface area contributed by atoms with Gasteiger partial charge < -0.3 is 10.8 Å². The molecule has 0 saturated carbocycles. The minimum absolute atomic E-state index is 0.128. The second kappa shape index (κ2) is 4.80. The number of nitrogens with two attached hydrogens (primary N) is 1. The molecule has 1 aromatic rings. The summed E-state index contributed by atoms with van der Waals surface area (Å²) in [5.41, 5.74) is 4.34. The molecule has 3 N–H and O–H groups in total. The van der Waals surface area contributed by atoms with Crippen molar-refractivity contribution in [1.29, 1.82) is 0 Å². The summed E-state index contributed by atoms with van der Waals surface area (Å²) in [6.45, 7) is -0.236. The Bertz CT molecular complexity index is 364. The van der Waals surface area contributed by atoms with Crippen LogP contribution in [0.5, 0.6) is 0 Å². The van der Waals surface area contributed by atoms with E-state index in [1.807, 2.05) is 0 Å². The lowest BCUT2D eigenvalue weighted by Gasteiger charge is -2.14. The first-order chi connectivity index (χ1) is 7.36. The fraction of sp³-hybridized carbons (Fsp3) is 0.400. The van der Waals surface area contributed by atoms with Crippen LogP contribution in [-0.4, -0.2) is 11.7 Å². The molecule has 0 saturated heterocycles. The standard InChI is InChI=1S/C10H11F4NO/c11-8-2-1-6(9(15)3-4-16)5-7(8)10(12,13)14/h1-2,5,9,16H,3-4,15H2. The molecule has 0 aliphatic rings. The Morgan fingerprint density at radius 1 is 1.31 bits per heavy atom. The molecule has 0 radical (unpaired) electrons. The highest BCUT2D eigenvalue weighted by Crippen LogP contribution is 2.33. The lowest BCUT2D eigenvalue weighted by atomic mass is 10.0. The number of aliphatic hydroxyl groups excluding tert-OH is 1. The molecule has 2 nitrogen and oxygen atoms in total. The molecule has 1 unspecified atom stereocenters. The van der Waals surface area contributed by atoms with Crippen LogP contribution in [0.4, 0.5) is 17.6 Å². The van der Waals surface area contributed by atoms with Crippen LogP contribution in [0.15, 0.2) is 18.2 Å². The van der Waals surface area contributed by atoms with E-state index < -0.39 is 23.6 Å². The van der Waals surface area contributed by atoms with Gasteiger partial charge in [0.15, 0.2) is 0 Å². The maximum atomic E-state index is 12.9. The van der Waals surface area contributed by atoms with Crippen LogP contribution < -0.4 is 5.73 Å². The fourth-order valence-electron chi connectivity index (χ4n) is 1.30. The van der Waals surface area contributed by atoms with E-state index in [0.717, 1.165) is 6.07 Å². The molecule has 0 spiro atoms. The first kappa shape index (κ1) is 12.9. The van der Waals surface area contributed by atoms with E-state index in [9.17, 15) is 17.6 Å². The topological polar surface area (TPSA) is 46.2 Å². The van der Waals surface area contributed by atoms with Crippen molar-refractivity contribution in [3.63, 3.8) is 0 Å². The van der Waals surface area contributed by atoms with Crippen LogP contribution in [-0.2, 0) is 6.18 Å². The first-order valence-corrected chi connectivity index (χ1v) is 4.59. The third kappa shape index (κ3) is 2.93. The van der Waals surface area contributed by atoms with Crippen molar-refractivity contribution in [3.8, 4) is 0 Å². The van der Waals surface area contributed by atoms with Crippen LogP contribution in [0.3, 0.4) is 0 Å². The van der Waals surface area contributed by atoms with Crippen molar-refractivity contribution in [1.82, 2.24) is 0 Å². The number of halogens is 4. The van der Waals surface area contributed by atoms with Gasteiger partial charge in [-0.3, -0.25) is 0 Å². The van der Waals surface area contributed by atoms with Gasteiger partial charge in [-0.15, -0.1) is 0 Å². The monoisotopic (exact) mass is 237 g/mol. The van der Waals surface area contributed by atoms with Gasteiger partial charge in [-0.05, 0) is 24.1 Å². The van der Waals surface area contributed by atoms with Gasteiger partial charge in [0.1, 0.15) is 5.82 Å². The number of rotatable bonds is 3. The smallest absolute Gasteiger partial charge is 0.396 e. The van der Waals surface area contributed by atoms with Gasteiger partial charge >= 0.3 is 6.18 Å². The molecule has 0 aromatic heterocycles. The normalized spacial score (nSPS) is 13.9. The van der Waals surface area contributed by atoms with E-state index in [4.69, 9.17) is 10.8 Å². The fourth-order valence-corrected chi connectivity index (χ4v) is 1.30. The van der Waals surface area contributed by atoms with E-state index in [0.29, 0.717) is 6.07 Å². The molecule has 1 atom stereocenters. The lowest BCUT2D eigenvalue weighted by Crippen LogP contribution is -2.15. The van der Waals surface area contributed by atoms with Gasteiger partial charge in [-0.25, -0.2) is 4.39 Å². The number of aliphatic hydroxyl groups is 1. The third-order valence-corrected chi connectivity index (χ3v) is 2.16. The zero-order chi connectivity index (χ0) is 12.3. The van der Waals surface area contributed by atoms with E-state index in [-0.39, 0.29) is 18.6 Å². The van der Waals surface area contributed by atoms with Crippen molar-refractivity contribution < 1.29 is 22.7 Å². The largest absolute Gasteiger partial charge is 0.419 e. The number of hydrogen-bond acceptors (Lipinski definition) is 2. The Kier molecular flexibility index (Phi) is 3.88. The van der Waals surface area contributed by atoms with Crippen molar-refractivity contribution >= 4 is 0 Å². The molecule has 1 aromatic carbocycles. The molecule has 0 aliphatic carbocycles. The highest BCUT2D eigenvalue weighted by atomic mass is 19.4. The predicted octanol–water partition coefficient (Wildman–Crippen LogP) is 2.23. The molecule has 1 rings (SSSR count). The summed E-state index contributed by atoms with van der Waals surface area (Å²) in [5, 5.41) is 8.61. The number of alkyl halides is 3. The molecule has 6 heteroatoms. The number of hydrogen-bond donors (Lipinski definition) is 2. The SMILES string of the molecule is NC(CCO)c1ccc(F)c(C(F)(F)F)c1. The van der Waals surface area contributed by atoms with Gasteiger partial charge in [0.2, 0.25) is 0 Å². The Hall–Kier alpha value is -1.14. The molecule has 90 valence electrons. The molecule has 0 fully saturated rings. The summed E-state index contributed by atoms with van der Waals surface area (Å²) in [4.78, 5) is 0. The second-order valence-corrected chi connectivity index (χ2v) is 3.36. The highest BCUT2D eigenvalue weighted by molar-refractivity contribution is 5.29. The molecular formula is C10H11F4NO. The van der Waals surface area contributed by atoms with E-state index in [1.165, 1.54) is 6.07 Å². The molecular weight excluding hydrogens is 226 g/mol. The Labute approximate surface area is 89.7 Å². The van der Waals surface area contributed by atoms with Crippen molar-refractivity contribution in [2.75, 3.05) is 6.61 Å². The average Bonchev–Trinajstić information content (AvgIpc) is 2.16. The Morgan fingerprint density at radius 3 is 2.44 bits per heavy atom. The molecule has 0 heterocycles. The number of benzene rings is 1. The molecule has 0 aliphatic heterocycles. The zero-order valence-corrected chi connectivity index (χ0v) is 8.26. The quantitative estimate of drug-likeness (QED) is 0.792. The molecule has 0 bridgehead atoms. The summed E-state index contributed by atoms with van der Waals surface area (Å²) >= 11 is 0. The Balaban J connectivity index is 3.07. The predicted molar refractivity (Wildman–Crippen MR) is 50.0 cm³/mol. The average molecular weight is 237 g/mol. The van der Waals surface area contributed by atoms with Gasteiger partial charge in [-0.2, -0.15) is 13.2 Å². The lowest BCUT2D eigenvalue weighted by molar-refractivity contribution is -0.140. The van der Waals surface area contributed by atoms with E-state index >= 15 is 0 Å². The van der Waals surface area contributed by atoms with Crippen molar-refractivity contribution in [2.45, 2.75) is 18.6 Å². The van der Waals surface area contributed by atoms with Crippen molar-refractivity contribution in [2.24, 2.45) is 5.73 Å². The summed E-state index contributed by atoms with van der Waals surface area (Å²) in [5.74, 6) is -1.33. The maximum Gasteiger partial charge on any atom is 0.419 e. The van der Waals surface area contributed by atoms with E-state index in [2.05, 4.69) is 0 Å². The van der Waals surface area contributed by atoms with Gasteiger partial charge in [-0.1, -0.05) is 6.07 Å². The summed E-state index contributed by atoms with van der Waals surface area (Å²) < 4.78 is 49.9. The van der Waals surface area contributed by atoms with Crippen LogP contribution in [0.2, 0.25) is 0 Å². The maximum absolute atomic E-state index is 12.9. The van der Waals surface area contributed by atoms with Crippen LogP contribution in [0, 0.1) is 5.82 Å². The summed E-state index contributed by atoms with van der Waals surface area (Å²) in [6, 6.07) is 1.86. The molecule has 16 heavy (non-hydrogen) atoms. The minimum Gasteiger partial charge on any atom is -0.396 e. The van der Waals surface area contributed by atoms with Crippen LogP contribution >= 0.6 is 0 Å². The van der Waals surface area contributed by atoms with Crippen molar-refractivity contribution in [3.05, 3.63) is 35.1 Å².